The molecular weight excluding hydrogens is 326 g/mol. The quantitative estimate of drug-likeness (QED) is 0.785. The van der Waals surface area contributed by atoms with Crippen LogP contribution in [0.25, 0.3) is 0 Å². The van der Waals surface area contributed by atoms with E-state index < -0.39 is 0 Å². The molecule has 2 rings (SSSR count). The summed E-state index contributed by atoms with van der Waals surface area (Å²) in [5.74, 6) is 0.926. The third-order valence-corrected chi connectivity index (χ3v) is 3.81. The molecule has 2 nitrogen and oxygen atoms in total. The normalized spacial score (nSPS) is 12.4. The summed E-state index contributed by atoms with van der Waals surface area (Å²) in [6, 6.07) is 17.0. The highest BCUT2D eigenvalue weighted by molar-refractivity contribution is 9.10. The van der Waals surface area contributed by atoms with E-state index in [-0.39, 0.29) is 6.10 Å². The maximum Gasteiger partial charge on any atom is 0.119 e. The monoisotopic (exact) mass is 347 g/mol. The first-order valence-electron chi connectivity index (χ1n) is 7.29. The second-order valence-electron chi connectivity index (χ2n) is 5.46. The minimum atomic E-state index is 0.214. The molecule has 0 saturated heterocycles. The minimum Gasteiger partial charge on any atom is -0.491 e. The summed E-state index contributed by atoms with van der Waals surface area (Å²) in [4.78, 5) is 0. The molecule has 0 radical (unpaired) electrons. The second kappa shape index (κ2) is 7.62. The Morgan fingerprint density at radius 3 is 2.14 bits per heavy atom. The van der Waals surface area contributed by atoms with E-state index >= 15 is 0 Å². The fraction of sp³-hybridized carbons (Fsp3) is 0.333. The van der Waals surface area contributed by atoms with Gasteiger partial charge in [-0.15, -0.1) is 0 Å². The van der Waals surface area contributed by atoms with Gasteiger partial charge in [0.2, 0.25) is 0 Å². The van der Waals surface area contributed by atoms with Crippen LogP contribution in [0.2, 0.25) is 0 Å². The van der Waals surface area contributed by atoms with Gasteiger partial charge in [0.25, 0.3) is 0 Å². The molecule has 112 valence electrons. The lowest BCUT2D eigenvalue weighted by Crippen LogP contribution is -2.18. The number of halogens is 1. The lowest BCUT2D eigenvalue weighted by Gasteiger charge is -2.15. The molecule has 21 heavy (non-hydrogen) atoms. The Morgan fingerprint density at radius 2 is 1.57 bits per heavy atom. The third kappa shape index (κ3) is 5.18. The summed E-state index contributed by atoms with van der Waals surface area (Å²) in [6.07, 6.45) is 0.214. The molecule has 1 atom stereocenters. The fourth-order valence-electron chi connectivity index (χ4n) is 2.10. The lowest BCUT2D eigenvalue weighted by atomic mass is 10.1. The van der Waals surface area contributed by atoms with Crippen molar-refractivity contribution in [3.05, 3.63) is 64.1 Å². The molecule has 0 saturated carbocycles. The maximum atomic E-state index is 5.65. The molecule has 0 bridgehead atoms. The van der Waals surface area contributed by atoms with E-state index in [1.54, 1.807) is 0 Å². The molecule has 0 spiro atoms. The van der Waals surface area contributed by atoms with Crippen LogP contribution in [-0.2, 0) is 6.54 Å². The van der Waals surface area contributed by atoms with Gasteiger partial charge in [0.1, 0.15) is 5.75 Å². The zero-order valence-electron chi connectivity index (χ0n) is 12.8. The van der Waals surface area contributed by atoms with E-state index in [1.165, 1.54) is 11.1 Å². The number of ether oxygens (including phenoxy) is 1. The standard InChI is InChI=1S/C18H22BrNO/c1-13(2)21-18-10-4-15(5-11-18)12-20-14(3)16-6-8-17(19)9-7-16/h4-11,13-14,20H,12H2,1-3H3/t14-/m1/s1. The fourth-order valence-corrected chi connectivity index (χ4v) is 2.36. The highest BCUT2D eigenvalue weighted by Gasteiger charge is 2.05. The van der Waals surface area contributed by atoms with Gasteiger partial charge in [-0.2, -0.15) is 0 Å². The van der Waals surface area contributed by atoms with Gasteiger partial charge < -0.3 is 10.1 Å². The van der Waals surface area contributed by atoms with E-state index in [0.29, 0.717) is 6.04 Å². The highest BCUT2D eigenvalue weighted by Crippen LogP contribution is 2.18. The molecule has 1 N–H and O–H groups in total. The van der Waals surface area contributed by atoms with Crippen LogP contribution in [0, 0.1) is 0 Å². The van der Waals surface area contributed by atoms with Crippen LogP contribution in [0.4, 0.5) is 0 Å². The van der Waals surface area contributed by atoms with E-state index in [0.717, 1.165) is 16.8 Å². The molecule has 0 aromatic heterocycles. The largest absolute Gasteiger partial charge is 0.491 e. The Labute approximate surface area is 135 Å². The molecule has 0 fully saturated rings. The van der Waals surface area contributed by atoms with Gasteiger partial charge in [-0.25, -0.2) is 0 Å². The van der Waals surface area contributed by atoms with Gasteiger partial charge in [0.05, 0.1) is 6.10 Å². The van der Waals surface area contributed by atoms with Crippen molar-refractivity contribution in [2.45, 2.75) is 39.5 Å². The highest BCUT2D eigenvalue weighted by atomic mass is 79.9. The summed E-state index contributed by atoms with van der Waals surface area (Å²) >= 11 is 3.46. The van der Waals surface area contributed by atoms with Crippen molar-refractivity contribution in [2.75, 3.05) is 0 Å². The first-order valence-corrected chi connectivity index (χ1v) is 8.08. The predicted molar refractivity (Wildman–Crippen MR) is 91.6 cm³/mol. The predicted octanol–water partition coefficient (Wildman–Crippen LogP) is 5.09. The number of hydrogen-bond donors (Lipinski definition) is 1. The minimum absolute atomic E-state index is 0.214. The van der Waals surface area contributed by atoms with Crippen LogP contribution in [0.3, 0.4) is 0 Å². The molecule has 2 aromatic carbocycles. The van der Waals surface area contributed by atoms with Crippen LogP contribution in [0.5, 0.6) is 5.75 Å². The molecule has 0 heterocycles. The summed E-state index contributed by atoms with van der Waals surface area (Å²) in [7, 11) is 0. The average Bonchev–Trinajstić information content (AvgIpc) is 2.46. The Hall–Kier alpha value is -1.32. The molecule has 0 aliphatic rings. The van der Waals surface area contributed by atoms with Gasteiger partial charge in [0.15, 0.2) is 0 Å². The van der Waals surface area contributed by atoms with Crippen LogP contribution >= 0.6 is 15.9 Å². The first-order chi connectivity index (χ1) is 10.0. The molecule has 0 aliphatic carbocycles. The Kier molecular flexibility index (Phi) is 5.83. The van der Waals surface area contributed by atoms with Crippen molar-refractivity contribution < 1.29 is 4.74 Å². The van der Waals surface area contributed by atoms with Crippen molar-refractivity contribution in [1.29, 1.82) is 0 Å². The van der Waals surface area contributed by atoms with E-state index in [9.17, 15) is 0 Å². The van der Waals surface area contributed by atoms with Gasteiger partial charge in [-0.1, -0.05) is 40.2 Å². The number of benzene rings is 2. The molecule has 3 heteroatoms. The van der Waals surface area contributed by atoms with Crippen LogP contribution in [-0.4, -0.2) is 6.10 Å². The smallest absolute Gasteiger partial charge is 0.119 e. The second-order valence-corrected chi connectivity index (χ2v) is 6.38. The summed E-state index contributed by atoms with van der Waals surface area (Å²) in [5, 5.41) is 3.54. The lowest BCUT2D eigenvalue weighted by molar-refractivity contribution is 0.242. The number of hydrogen-bond acceptors (Lipinski definition) is 2. The summed E-state index contributed by atoms with van der Waals surface area (Å²) < 4.78 is 6.76. The van der Waals surface area contributed by atoms with Crippen molar-refractivity contribution in [1.82, 2.24) is 5.32 Å². The van der Waals surface area contributed by atoms with Gasteiger partial charge in [-0.3, -0.25) is 0 Å². The Balaban J connectivity index is 1.88. The SMILES string of the molecule is CC(C)Oc1ccc(CN[C@H](C)c2ccc(Br)cc2)cc1. The van der Waals surface area contributed by atoms with Crippen molar-refractivity contribution >= 4 is 15.9 Å². The van der Waals surface area contributed by atoms with Crippen LogP contribution in [0.15, 0.2) is 53.0 Å². The van der Waals surface area contributed by atoms with Crippen molar-refractivity contribution in [2.24, 2.45) is 0 Å². The molecule has 0 aliphatic heterocycles. The number of rotatable bonds is 6. The van der Waals surface area contributed by atoms with Gasteiger partial charge in [-0.05, 0) is 56.2 Å². The molecule has 0 amide bonds. The first kappa shape index (κ1) is 16.1. The Bertz CT molecular complexity index is 548. The van der Waals surface area contributed by atoms with Crippen molar-refractivity contribution in [3.63, 3.8) is 0 Å². The zero-order chi connectivity index (χ0) is 15.2. The maximum absolute atomic E-state index is 5.65. The molecule has 0 unspecified atom stereocenters. The molecule has 2 aromatic rings. The van der Waals surface area contributed by atoms with E-state index in [1.807, 2.05) is 26.0 Å². The molecular formula is C18H22BrNO. The van der Waals surface area contributed by atoms with Crippen LogP contribution in [0.1, 0.15) is 37.9 Å². The van der Waals surface area contributed by atoms with E-state index in [2.05, 4.69) is 64.6 Å². The van der Waals surface area contributed by atoms with Gasteiger partial charge in [0, 0.05) is 17.1 Å². The van der Waals surface area contributed by atoms with Crippen molar-refractivity contribution in [3.8, 4) is 5.75 Å². The zero-order valence-corrected chi connectivity index (χ0v) is 14.4. The average molecular weight is 348 g/mol. The van der Waals surface area contributed by atoms with Gasteiger partial charge >= 0.3 is 0 Å². The summed E-state index contributed by atoms with van der Waals surface area (Å²) in [5.41, 5.74) is 2.55. The number of nitrogens with one attached hydrogen (secondary N) is 1. The summed E-state index contributed by atoms with van der Waals surface area (Å²) in [6.45, 7) is 7.10. The third-order valence-electron chi connectivity index (χ3n) is 3.28. The topological polar surface area (TPSA) is 21.3 Å². The Morgan fingerprint density at radius 1 is 0.952 bits per heavy atom. The van der Waals surface area contributed by atoms with Crippen LogP contribution < -0.4 is 10.1 Å². The van der Waals surface area contributed by atoms with E-state index in [4.69, 9.17) is 4.74 Å².